The molecule has 2 amide bonds. The highest BCUT2D eigenvalue weighted by Gasteiger charge is 2.27. The van der Waals surface area contributed by atoms with E-state index in [1.54, 1.807) is 0 Å². The maximum atomic E-state index is 11.5. The molecular weight excluding hydrogens is 196 g/mol. The number of rotatable bonds is 4. The van der Waals surface area contributed by atoms with Crippen LogP contribution in [0.15, 0.2) is 0 Å². The Balaban J connectivity index is 2.27. The fourth-order valence-electron chi connectivity index (χ4n) is 1.37. The summed E-state index contributed by atoms with van der Waals surface area (Å²) in [7, 11) is 0. The summed E-state index contributed by atoms with van der Waals surface area (Å²) in [6.45, 7) is 4.01. The standard InChI is InChI=1S/C10H18N2O3/c1-6(2)8(13)5-11-10(15)7-3-4-9(14)12-7/h6-8,13H,3-5H2,1-2H3,(H,11,15)(H,12,14)/t7-,8?/m1/s1. The largest absolute Gasteiger partial charge is 0.391 e. The number of carbonyl (C=O) groups is 2. The number of hydrogen-bond donors (Lipinski definition) is 3. The molecule has 3 N–H and O–H groups in total. The second-order valence-corrected chi connectivity index (χ2v) is 4.22. The van der Waals surface area contributed by atoms with Crippen LogP contribution in [-0.2, 0) is 9.59 Å². The van der Waals surface area contributed by atoms with Crippen molar-refractivity contribution in [2.45, 2.75) is 38.8 Å². The van der Waals surface area contributed by atoms with E-state index in [4.69, 9.17) is 0 Å². The first kappa shape index (κ1) is 12.0. The Morgan fingerprint density at radius 1 is 1.67 bits per heavy atom. The zero-order valence-corrected chi connectivity index (χ0v) is 9.12. The van der Waals surface area contributed by atoms with Crippen molar-refractivity contribution in [2.24, 2.45) is 5.92 Å². The van der Waals surface area contributed by atoms with E-state index in [1.165, 1.54) is 0 Å². The number of aliphatic hydroxyl groups excluding tert-OH is 1. The minimum Gasteiger partial charge on any atom is -0.391 e. The Hall–Kier alpha value is -1.10. The Labute approximate surface area is 89.2 Å². The molecule has 0 aromatic carbocycles. The topological polar surface area (TPSA) is 78.4 Å². The van der Waals surface area contributed by atoms with E-state index in [0.717, 1.165) is 0 Å². The molecule has 1 heterocycles. The summed E-state index contributed by atoms with van der Waals surface area (Å²) in [5, 5.41) is 14.7. The molecule has 1 saturated heterocycles. The lowest BCUT2D eigenvalue weighted by Gasteiger charge is -2.16. The van der Waals surface area contributed by atoms with Crippen molar-refractivity contribution in [2.75, 3.05) is 6.54 Å². The van der Waals surface area contributed by atoms with Crippen LogP contribution in [0.3, 0.4) is 0 Å². The van der Waals surface area contributed by atoms with Crippen molar-refractivity contribution < 1.29 is 14.7 Å². The molecule has 0 aromatic heterocycles. The molecule has 15 heavy (non-hydrogen) atoms. The van der Waals surface area contributed by atoms with Gasteiger partial charge in [-0.3, -0.25) is 9.59 Å². The van der Waals surface area contributed by atoms with E-state index in [1.807, 2.05) is 13.8 Å². The van der Waals surface area contributed by atoms with Crippen LogP contribution < -0.4 is 10.6 Å². The van der Waals surface area contributed by atoms with Gasteiger partial charge in [0, 0.05) is 13.0 Å². The van der Waals surface area contributed by atoms with Crippen LogP contribution >= 0.6 is 0 Å². The molecule has 0 aromatic rings. The summed E-state index contributed by atoms with van der Waals surface area (Å²) in [6, 6.07) is -0.420. The van der Waals surface area contributed by atoms with Gasteiger partial charge in [0.2, 0.25) is 11.8 Å². The summed E-state index contributed by atoms with van der Waals surface area (Å²) in [5.41, 5.74) is 0. The molecule has 5 nitrogen and oxygen atoms in total. The second-order valence-electron chi connectivity index (χ2n) is 4.22. The first-order valence-electron chi connectivity index (χ1n) is 5.26. The molecule has 5 heteroatoms. The fraction of sp³-hybridized carbons (Fsp3) is 0.800. The number of hydrogen-bond acceptors (Lipinski definition) is 3. The van der Waals surface area contributed by atoms with Crippen molar-refractivity contribution >= 4 is 11.8 Å². The molecule has 0 radical (unpaired) electrons. The predicted octanol–water partition coefficient (Wildman–Crippen LogP) is -0.602. The lowest BCUT2D eigenvalue weighted by atomic mass is 10.1. The Kier molecular flexibility index (Phi) is 4.08. The summed E-state index contributed by atoms with van der Waals surface area (Å²) in [6.07, 6.45) is 0.416. The monoisotopic (exact) mass is 214 g/mol. The molecule has 0 saturated carbocycles. The first-order chi connectivity index (χ1) is 7.00. The number of nitrogens with one attached hydrogen (secondary N) is 2. The van der Waals surface area contributed by atoms with Gasteiger partial charge in [0.05, 0.1) is 6.10 Å². The quantitative estimate of drug-likeness (QED) is 0.584. The molecule has 1 fully saturated rings. The van der Waals surface area contributed by atoms with Crippen molar-refractivity contribution in [1.29, 1.82) is 0 Å². The summed E-state index contributed by atoms with van der Waals surface area (Å²) >= 11 is 0. The van der Waals surface area contributed by atoms with Crippen LogP contribution in [0, 0.1) is 5.92 Å². The van der Waals surface area contributed by atoms with Gasteiger partial charge in [0.1, 0.15) is 6.04 Å². The molecule has 0 aliphatic carbocycles. The molecule has 2 atom stereocenters. The number of aliphatic hydroxyl groups is 1. The molecule has 1 aliphatic heterocycles. The second kappa shape index (κ2) is 5.11. The third kappa shape index (κ3) is 3.51. The van der Waals surface area contributed by atoms with Gasteiger partial charge < -0.3 is 15.7 Å². The van der Waals surface area contributed by atoms with Gasteiger partial charge in [-0.15, -0.1) is 0 Å². The van der Waals surface area contributed by atoms with Crippen LogP contribution in [0.1, 0.15) is 26.7 Å². The Morgan fingerprint density at radius 3 is 2.80 bits per heavy atom. The zero-order valence-electron chi connectivity index (χ0n) is 9.12. The van der Waals surface area contributed by atoms with Gasteiger partial charge in [-0.05, 0) is 12.3 Å². The van der Waals surface area contributed by atoms with Gasteiger partial charge in [0.15, 0.2) is 0 Å². The van der Waals surface area contributed by atoms with Crippen LogP contribution in [0.2, 0.25) is 0 Å². The average Bonchev–Trinajstić information content (AvgIpc) is 2.60. The minimum atomic E-state index is -0.536. The highest BCUT2D eigenvalue weighted by Crippen LogP contribution is 2.06. The Morgan fingerprint density at radius 2 is 2.33 bits per heavy atom. The number of amides is 2. The maximum absolute atomic E-state index is 11.5. The average molecular weight is 214 g/mol. The third-order valence-electron chi connectivity index (χ3n) is 2.57. The minimum absolute atomic E-state index is 0.0837. The molecular formula is C10H18N2O3. The van der Waals surface area contributed by atoms with Crippen molar-refractivity contribution in [1.82, 2.24) is 10.6 Å². The SMILES string of the molecule is CC(C)C(O)CNC(=O)[C@H]1CCC(=O)N1. The van der Waals surface area contributed by atoms with Crippen LogP contribution in [0.25, 0.3) is 0 Å². The lowest BCUT2D eigenvalue weighted by molar-refractivity contribution is -0.126. The van der Waals surface area contributed by atoms with Crippen molar-refractivity contribution in [3.8, 4) is 0 Å². The molecule has 1 aliphatic rings. The summed E-state index contributed by atoms with van der Waals surface area (Å²) in [4.78, 5) is 22.3. The van der Waals surface area contributed by atoms with Gasteiger partial charge >= 0.3 is 0 Å². The van der Waals surface area contributed by atoms with E-state index in [0.29, 0.717) is 12.8 Å². The van der Waals surface area contributed by atoms with Crippen LogP contribution in [-0.4, -0.2) is 35.6 Å². The smallest absolute Gasteiger partial charge is 0.242 e. The maximum Gasteiger partial charge on any atom is 0.242 e. The summed E-state index contributed by atoms with van der Waals surface area (Å²) < 4.78 is 0. The molecule has 0 spiro atoms. The lowest BCUT2D eigenvalue weighted by Crippen LogP contribution is -2.44. The van der Waals surface area contributed by atoms with Crippen molar-refractivity contribution in [3.05, 3.63) is 0 Å². The molecule has 1 rings (SSSR count). The van der Waals surface area contributed by atoms with Crippen LogP contribution in [0.5, 0.6) is 0 Å². The van der Waals surface area contributed by atoms with Crippen molar-refractivity contribution in [3.63, 3.8) is 0 Å². The van der Waals surface area contributed by atoms with E-state index >= 15 is 0 Å². The highest BCUT2D eigenvalue weighted by atomic mass is 16.3. The Bertz CT molecular complexity index is 253. The highest BCUT2D eigenvalue weighted by molar-refractivity contribution is 5.90. The van der Waals surface area contributed by atoms with E-state index in [2.05, 4.69) is 10.6 Å². The predicted molar refractivity (Wildman–Crippen MR) is 55.0 cm³/mol. The fourth-order valence-corrected chi connectivity index (χ4v) is 1.37. The first-order valence-corrected chi connectivity index (χ1v) is 5.26. The van der Waals surface area contributed by atoms with Gasteiger partial charge in [0.25, 0.3) is 0 Å². The number of carbonyl (C=O) groups excluding carboxylic acids is 2. The van der Waals surface area contributed by atoms with E-state index < -0.39 is 12.1 Å². The molecule has 86 valence electrons. The zero-order chi connectivity index (χ0) is 11.4. The van der Waals surface area contributed by atoms with Gasteiger partial charge in [-0.2, -0.15) is 0 Å². The van der Waals surface area contributed by atoms with E-state index in [-0.39, 0.29) is 24.3 Å². The van der Waals surface area contributed by atoms with Crippen LogP contribution in [0.4, 0.5) is 0 Å². The van der Waals surface area contributed by atoms with Gasteiger partial charge in [-0.1, -0.05) is 13.8 Å². The molecule has 0 bridgehead atoms. The van der Waals surface area contributed by atoms with E-state index in [9.17, 15) is 14.7 Å². The normalized spacial score (nSPS) is 22.7. The molecule has 1 unspecified atom stereocenters. The van der Waals surface area contributed by atoms with Gasteiger partial charge in [-0.25, -0.2) is 0 Å². The third-order valence-corrected chi connectivity index (χ3v) is 2.57. The summed E-state index contributed by atoms with van der Waals surface area (Å²) in [5.74, 6) is -0.177.